The maximum atomic E-state index is 12.3. The van der Waals surface area contributed by atoms with Crippen LogP contribution in [0.4, 0.5) is 0 Å². The van der Waals surface area contributed by atoms with E-state index < -0.39 is 0 Å². The van der Waals surface area contributed by atoms with E-state index in [2.05, 4.69) is 0 Å². The lowest BCUT2D eigenvalue weighted by atomic mass is 10.1. The Balaban J connectivity index is 1.51. The highest BCUT2D eigenvalue weighted by Crippen LogP contribution is 2.22. The first-order valence-electron chi connectivity index (χ1n) is 8.34. The van der Waals surface area contributed by atoms with Crippen molar-refractivity contribution < 1.29 is 19.2 Å². The van der Waals surface area contributed by atoms with Gasteiger partial charge in [-0.1, -0.05) is 12.1 Å². The molecule has 0 radical (unpaired) electrons. The third-order valence-electron chi connectivity index (χ3n) is 3.91. The van der Waals surface area contributed by atoms with E-state index in [0.717, 1.165) is 11.3 Å². The highest BCUT2D eigenvalue weighted by molar-refractivity contribution is 7.16. The number of thiophene rings is 3. The van der Waals surface area contributed by atoms with Crippen LogP contribution in [-0.4, -0.2) is 23.1 Å². The zero-order chi connectivity index (χ0) is 19.2. The van der Waals surface area contributed by atoms with Crippen molar-refractivity contribution in [1.82, 2.24) is 0 Å². The summed E-state index contributed by atoms with van der Waals surface area (Å²) in [6.45, 7) is 0. The third-order valence-corrected chi connectivity index (χ3v) is 6.90. The minimum Gasteiger partial charge on any atom is -0.293 e. The lowest BCUT2D eigenvalue weighted by Gasteiger charge is -1.98. The van der Waals surface area contributed by atoms with Gasteiger partial charge in [-0.2, -0.15) is 0 Å². The van der Waals surface area contributed by atoms with Crippen LogP contribution >= 0.6 is 34.0 Å². The van der Waals surface area contributed by atoms with Crippen LogP contribution in [0, 0.1) is 0 Å². The second-order valence-electron chi connectivity index (χ2n) is 5.81. The molecule has 3 heterocycles. The van der Waals surface area contributed by atoms with Gasteiger partial charge in [0.05, 0.1) is 19.5 Å². The average Bonchev–Trinajstić information content (AvgIpc) is 3.44. The topological polar surface area (TPSA) is 68.3 Å². The standard InChI is InChI=1S/C20H16O4S3/c21-13(17-3-1-11-25-17)5-7-15(23)19-9-10-20(27-19)16(24)8-6-14(22)18-4-2-12-26-18/h1-4,9-12H,5-8H2. The van der Waals surface area contributed by atoms with E-state index in [4.69, 9.17) is 0 Å². The van der Waals surface area contributed by atoms with E-state index in [1.807, 2.05) is 10.8 Å². The second-order valence-corrected chi connectivity index (χ2v) is 8.79. The summed E-state index contributed by atoms with van der Waals surface area (Å²) in [5.74, 6) is -0.367. The molecule has 0 aliphatic carbocycles. The monoisotopic (exact) mass is 416 g/mol. The van der Waals surface area contributed by atoms with Crippen molar-refractivity contribution in [2.75, 3.05) is 0 Å². The molecule has 0 bridgehead atoms. The summed E-state index contributed by atoms with van der Waals surface area (Å²) < 4.78 is 0. The van der Waals surface area contributed by atoms with Crippen molar-refractivity contribution in [3.05, 3.63) is 66.7 Å². The number of carbonyl (C=O) groups excluding carboxylic acids is 4. The highest BCUT2D eigenvalue weighted by Gasteiger charge is 2.17. The predicted molar refractivity (Wildman–Crippen MR) is 109 cm³/mol. The summed E-state index contributed by atoms with van der Waals surface area (Å²) in [6, 6.07) is 10.3. The lowest BCUT2D eigenvalue weighted by Crippen LogP contribution is -2.03. The normalized spacial score (nSPS) is 10.7. The first-order valence-corrected chi connectivity index (χ1v) is 10.9. The molecule has 0 aliphatic heterocycles. The zero-order valence-corrected chi connectivity index (χ0v) is 16.8. The fourth-order valence-corrected chi connectivity index (χ4v) is 4.79. The van der Waals surface area contributed by atoms with E-state index >= 15 is 0 Å². The molecule has 3 aromatic heterocycles. The quantitative estimate of drug-likeness (QED) is 0.406. The second kappa shape index (κ2) is 9.12. The van der Waals surface area contributed by atoms with Gasteiger partial charge in [0.1, 0.15) is 0 Å². The molecule has 0 unspecified atom stereocenters. The van der Waals surface area contributed by atoms with Crippen LogP contribution in [0.2, 0.25) is 0 Å². The maximum Gasteiger partial charge on any atom is 0.173 e. The molecule has 7 heteroatoms. The van der Waals surface area contributed by atoms with Crippen molar-refractivity contribution in [3.63, 3.8) is 0 Å². The number of Topliss-reactive ketones (excluding diaryl/α,β-unsaturated/α-hetero) is 4. The molecule has 0 spiro atoms. The summed E-state index contributed by atoms with van der Waals surface area (Å²) in [5, 5.41) is 3.66. The van der Waals surface area contributed by atoms with E-state index in [1.54, 1.807) is 36.4 Å². The number of hydrogen-bond donors (Lipinski definition) is 0. The number of carbonyl (C=O) groups is 4. The lowest BCUT2D eigenvalue weighted by molar-refractivity contribution is 0.0921. The molecular weight excluding hydrogens is 400 g/mol. The minimum absolute atomic E-state index is 0.0432. The van der Waals surface area contributed by atoms with Crippen molar-refractivity contribution in [1.29, 1.82) is 0 Å². The van der Waals surface area contributed by atoms with Crippen LogP contribution in [0.5, 0.6) is 0 Å². The molecule has 0 fully saturated rings. The summed E-state index contributed by atoms with van der Waals surface area (Å²) in [7, 11) is 0. The molecule has 0 N–H and O–H groups in total. The largest absolute Gasteiger partial charge is 0.293 e. The summed E-state index contributed by atoms with van der Waals surface area (Å²) in [5.41, 5.74) is 0. The minimum atomic E-state index is -0.140. The van der Waals surface area contributed by atoms with Gasteiger partial charge >= 0.3 is 0 Å². The summed E-state index contributed by atoms with van der Waals surface area (Å²) in [6.07, 6.45) is 0.579. The molecule has 4 nitrogen and oxygen atoms in total. The van der Waals surface area contributed by atoms with Gasteiger partial charge < -0.3 is 0 Å². The van der Waals surface area contributed by atoms with Crippen molar-refractivity contribution in [2.45, 2.75) is 25.7 Å². The number of hydrogen-bond acceptors (Lipinski definition) is 7. The smallest absolute Gasteiger partial charge is 0.173 e. The fourth-order valence-electron chi connectivity index (χ4n) is 2.46. The Kier molecular flexibility index (Phi) is 6.60. The Bertz CT molecular complexity index is 873. The van der Waals surface area contributed by atoms with E-state index in [-0.39, 0.29) is 48.8 Å². The van der Waals surface area contributed by atoms with Gasteiger partial charge in [0.25, 0.3) is 0 Å². The van der Waals surface area contributed by atoms with Crippen LogP contribution in [0.25, 0.3) is 0 Å². The molecule has 0 saturated carbocycles. The molecule has 27 heavy (non-hydrogen) atoms. The molecule has 3 rings (SSSR count). The average molecular weight is 417 g/mol. The third kappa shape index (κ3) is 5.15. The van der Waals surface area contributed by atoms with E-state index in [9.17, 15) is 19.2 Å². The number of rotatable bonds is 10. The Morgan fingerprint density at radius 3 is 1.26 bits per heavy atom. The molecule has 0 amide bonds. The van der Waals surface area contributed by atoms with Crippen molar-refractivity contribution in [2.24, 2.45) is 0 Å². The summed E-state index contributed by atoms with van der Waals surface area (Å²) >= 11 is 3.86. The summed E-state index contributed by atoms with van der Waals surface area (Å²) in [4.78, 5) is 50.8. The van der Waals surface area contributed by atoms with Gasteiger partial charge in [-0.05, 0) is 35.0 Å². The Hall–Kier alpha value is -2.22. The van der Waals surface area contributed by atoms with Crippen LogP contribution in [0.15, 0.2) is 47.2 Å². The Morgan fingerprint density at radius 2 is 0.926 bits per heavy atom. The van der Waals surface area contributed by atoms with E-state index in [0.29, 0.717) is 19.5 Å². The maximum absolute atomic E-state index is 12.3. The van der Waals surface area contributed by atoms with E-state index in [1.165, 1.54) is 22.7 Å². The van der Waals surface area contributed by atoms with Gasteiger partial charge in [-0.3, -0.25) is 19.2 Å². The van der Waals surface area contributed by atoms with Gasteiger partial charge in [0.2, 0.25) is 0 Å². The van der Waals surface area contributed by atoms with Gasteiger partial charge in [0, 0.05) is 25.7 Å². The predicted octanol–water partition coefficient (Wildman–Crippen LogP) is 5.56. The van der Waals surface area contributed by atoms with Gasteiger partial charge in [0.15, 0.2) is 23.1 Å². The number of ketones is 4. The van der Waals surface area contributed by atoms with Gasteiger partial charge in [-0.15, -0.1) is 34.0 Å². The van der Waals surface area contributed by atoms with Crippen LogP contribution in [0.3, 0.4) is 0 Å². The van der Waals surface area contributed by atoms with Crippen molar-refractivity contribution >= 4 is 57.1 Å². The fraction of sp³-hybridized carbons (Fsp3) is 0.200. The molecular formula is C20H16O4S3. The first kappa shape index (κ1) is 19.5. The molecule has 0 atom stereocenters. The Morgan fingerprint density at radius 1 is 0.556 bits per heavy atom. The zero-order valence-electron chi connectivity index (χ0n) is 14.3. The van der Waals surface area contributed by atoms with Gasteiger partial charge in [-0.25, -0.2) is 0 Å². The molecule has 0 saturated heterocycles. The van der Waals surface area contributed by atoms with Crippen LogP contribution in [0.1, 0.15) is 64.4 Å². The Labute approximate surface area is 168 Å². The SMILES string of the molecule is O=C(CCC(=O)c1ccc(C(=O)CCC(=O)c2cccs2)s1)c1cccs1. The molecule has 138 valence electrons. The van der Waals surface area contributed by atoms with Crippen LogP contribution < -0.4 is 0 Å². The molecule has 0 aliphatic rings. The highest BCUT2D eigenvalue weighted by atomic mass is 32.1. The van der Waals surface area contributed by atoms with Crippen molar-refractivity contribution in [3.8, 4) is 0 Å². The molecule has 3 aromatic rings. The first-order chi connectivity index (χ1) is 13.0. The molecule has 0 aromatic carbocycles. The van der Waals surface area contributed by atoms with Crippen LogP contribution in [-0.2, 0) is 0 Å².